The summed E-state index contributed by atoms with van der Waals surface area (Å²) in [6.07, 6.45) is 4.77. The van der Waals surface area contributed by atoms with E-state index in [4.69, 9.17) is 0 Å². The maximum atomic E-state index is 13.8. The van der Waals surface area contributed by atoms with Crippen LogP contribution in [0.4, 0.5) is 19.0 Å². The summed E-state index contributed by atoms with van der Waals surface area (Å²) in [5.74, 6) is 0.706. The number of carbonyl (C=O) groups is 1. The molecule has 0 bridgehead atoms. The second-order valence-electron chi connectivity index (χ2n) is 9.52. The average Bonchev–Trinajstić information content (AvgIpc) is 3.47. The molecule has 0 aromatic carbocycles. The number of hydrogen-bond acceptors (Lipinski definition) is 6. The summed E-state index contributed by atoms with van der Waals surface area (Å²) in [4.78, 5) is 27.6. The fraction of sp³-hybridized carbons (Fsp3) is 0.417. The molecule has 1 saturated heterocycles. The van der Waals surface area contributed by atoms with Crippen molar-refractivity contribution in [2.75, 3.05) is 18.4 Å². The normalized spacial score (nSPS) is 29.2. The third kappa shape index (κ3) is 3.19. The monoisotopic (exact) mass is 468 g/mol. The molecule has 1 spiro atoms. The number of likely N-dealkylation sites (tertiary alicyclic amines) is 1. The van der Waals surface area contributed by atoms with Crippen molar-refractivity contribution in [1.29, 1.82) is 0 Å². The van der Waals surface area contributed by atoms with Crippen molar-refractivity contribution >= 4 is 17.4 Å². The van der Waals surface area contributed by atoms with E-state index < -0.39 is 11.9 Å². The van der Waals surface area contributed by atoms with Gasteiger partial charge >= 0.3 is 6.18 Å². The molecule has 2 saturated carbocycles. The molecular formula is C24H23F3N6O. The van der Waals surface area contributed by atoms with Crippen LogP contribution in [0.25, 0.3) is 5.70 Å². The van der Waals surface area contributed by atoms with Crippen molar-refractivity contribution in [3.05, 3.63) is 65.4 Å². The van der Waals surface area contributed by atoms with E-state index in [1.54, 1.807) is 6.20 Å². The maximum Gasteiger partial charge on any atom is 0.434 e. The molecule has 3 fully saturated rings. The van der Waals surface area contributed by atoms with Crippen LogP contribution in [0.5, 0.6) is 0 Å². The summed E-state index contributed by atoms with van der Waals surface area (Å²) < 4.78 is 38.4. The van der Waals surface area contributed by atoms with Crippen LogP contribution >= 0.6 is 0 Å². The molecule has 176 valence electrons. The second-order valence-corrected chi connectivity index (χ2v) is 9.52. The molecule has 4 atom stereocenters. The van der Waals surface area contributed by atoms with Crippen molar-refractivity contribution in [3.63, 3.8) is 0 Å². The molecule has 2 N–H and O–H groups in total. The molecule has 2 aromatic heterocycles. The van der Waals surface area contributed by atoms with Gasteiger partial charge in [-0.15, -0.1) is 0 Å². The van der Waals surface area contributed by atoms with Crippen LogP contribution in [0.3, 0.4) is 0 Å². The lowest BCUT2D eigenvalue weighted by Crippen LogP contribution is -2.60. The molecule has 34 heavy (non-hydrogen) atoms. The predicted molar refractivity (Wildman–Crippen MR) is 118 cm³/mol. The lowest BCUT2D eigenvalue weighted by Gasteiger charge is -2.48. The molecule has 2 aromatic rings. The summed E-state index contributed by atoms with van der Waals surface area (Å²) in [5, 5.41) is 6.54. The van der Waals surface area contributed by atoms with Crippen molar-refractivity contribution in [2.45, 2.75) is 38.0 Å². The van der Waals surface area contributed by atoms with Crippen molar-refractivity contribution in [1.82, 2.24) is 25.2 Å². The number of aromatic nitrogens is 3. The van der Waals surface area contributed by atoms with Gasteiger partial charge in [-0.1, -0.05) is 12.1 Å². The number of pyridine rings is 1. The lowest BCUT2D eigenvalue weighted by atomic mass is 9.71. The van der Waals surface area contributed by atoms with Gasteiger partial charge in [-0.25, -0.2) is 9.97 Å². The number of dihydropyridines is 1. The molecule has 7 nitrogen and oxygen atoms in total. The Morgan fingerprint density at radius 3 is 2.82 bits per heavy atom. The number of nitrogens with zero attached hydrogens (tertiary/aromatic N) is 4. The van der Waals surface area contributed by atoms with Crippen LogP contribution in [0.1, 0.15) is 29.8 Å². The second kappa shape index (κ2) is 7.28. The number of hydrogen-bond donors (Lipinski definition) is 2. The summed E-state index contributed by atoms with van der Waals surface area (Å²) in [5.41, 5.74) is 2.15. The Bertz CT molecular complexity index is 1220. The maximum absolute atomic E-state index is 13.8. The first-order chi connectivity index (χ1) is 16.3. The number of nitrogens with one attached hydrogen (secondary N) is 2. The molecule has 4 heterocycles. The van der Waals surface area contributed by atoms with Crippen LogP contribution in [0.15, 0.2) is 48.4 Å². The van der Waals surface area contributed by atoms with Gasteiger partial charge in [0.1, 0.15) is 5.82 Å². The number of amides is 1. The zero-order valence-corrected chi connectivity index (χ0v) is 18.4. The fourth-order valence-electron chi connectivity index (χ4n) is 5.91. The molecule has 2 aliphatic heterocycles. The number of anilines is 1. The topological polar surface area (TPSA) is 83.0 Å². The molecule has 4 unspecified atom stereocenters. The van der Waals surface area contributed by atoms with E-state index in [1.165, 1.54) is 0 Å². The Morgan fingerprint density at radius 1 is 1.24 bits per heavy atom. The fourth-order valence-corrected chi connectivity index (χ4v) is 5.91. The third-order valence-corrected chi connectivity index (χ3v) is 7.57. The number of aryl methyl sites for hydroxylation is 1. The van der Waals surface area contributed by atoms with Gasteiger partial charge in [-0.05, 0) is 48.8 Å². The number of carbonyl (C=O) groups excluding carboxylic acids is 1. The highest BCUT2D eigenvalue weighted by atomic mass is 19.4. The van der Waals surface area contributed by atoms with E-state index in [2.05, 4.69) is 25.6 Å². The molecular weight excluding hydrogens is 445 g/mol. The largest absolute Gasteiger partial charge is 0.434 e. The quantitative estimate of drug-likeness (QED) is 0.718. The van der Waals surface area contributed by atoms with E-state index in [0.717, 1.165) is 42.2 Å². The van der Waals surface area contributed by atoms with Gasteiger partial charge in [-0.2, -0.15) is 13.2 Å². The minimum atomic E-state index is -4.53. The van der Waals surface area contributed by atoms with Crippen LogP contribution in [0, 0.1) is 18.3 Å². The number of alkyl halides is 3. The predicted octanol–water partition coefficient (Wildman–Crippen LogP) is 3.17. The Labute approximate surface area is 194 Å². The Balaban J connectivity index is 1.26. The summed E-state index contributed by atoms with van der Waals surface area (Å²) in [7, 11) is 0. The smallest absolute Gasteiger partial charge is 0.379 e. The van der Waals surface area contributed by atoms with Gasteiger partial charge in [-0.3, -0.25) is 9.78 Å². The van der Waals surface area contributed by atoms with Crippen molar-refractivity contribution < 1.29 is 18.0 Å². The van der Waals surface area contributed by atoms with Gasteiger partial charge in [0.25, 0.3) is 5.91 Å². The Hall–Kier alpha value is -3.43. The first-order valence-corrected chi connectivity index (χ1v) is 11.3. The van der Waals surface area contributed by atoms with E-state index in [-0.39, 0.29) is 29.2 Å². The molecule has 4 aliphatic rings. The number of rotatable bonds is 4. The summed E-state index contributed by atoms with van der Waals surface area (Å²) in [6.45, 7) is 3.27. The zero-order valence-electron chi connectivity index (χ0n) is 18.4. The van der Waals surface area contributed by atoms with Crippen LogP contribution in [-0.4, -0.2) is 50.9 Å². The van der Waals surface area contributed by atoms with Gasteiger partial charge in [0, 0.05) is 25.3 Å². The molecule has 0 radical (unpaired) electrons. The van der Waals surface area contributed by atoms with E-state index in [1.807, 2.05) is 36.1 Å². The minimum Gasteiger partial charge on any atom is -0.379 e. The van der Waals surface area contributed by atoms with Crippen LogP contribution in [-0.2, 0) is 11.0 Å². The molecule has 2 aliphatic carbocycles. The van der Waals surface area contributed by atoms with Gasteiger partial charge in [0.2, 0.25) is 0 Å². The molecule has 6 rings (SSSR count). The Kier molecular flexibility index (Phi) is 4.53. The standard InChI is InChI=1S/C24H23F3N6O/c1-13-4-2-6-28-19(13)20-15(5-3-7-29-20)22(34)33-12-14-8-23(14)9-16(21(23)33)32-18-11-30-17(10-31-18)24(25,26)27/h2-6,10-11,14,16,21,29H,7-9,12H2,1H3,(H,31,32). The summed E-state index contributed by atoms with van der Waals surface area (Å²) in [6, 6.07) is 3.73. The van der Waals surface area contributed by atoms with Crippen molar-refractivity contribution in [2.24, 2.45) is 11.3 Å². The zero-order chi connectivity index (χ0) is 23.7. The van der Waals surface area contributed by atoms with Crippen LogP contribution in [0.2, 0.25) is 0 Å². The first kappa shape index (κ1) is 21.1. The van der Waals surface area contributed by atoms with Gasteiger partial charge < -0.3 is 15.5 Å². The Morgan fingerprint density at radius 2 is 2.09 bits per heavy atom. The molecule has 1 amide bonds. The molecule has 10 heteroatoms. The number of piperidine rings is 1. The summed E-state index contributed by atoms with van der Waals surface area (Å²) >= 11 is 0. The average molecular weight is 468 g/mol. The SMILES string of the molecule is Cc1cccnc1C1=C(C(=O)N2CC3CC34CC(Nc3cnc(C(F)(F)F)cn3)C24)C=CCN1. The minimum absolute atomic E-state index is 0.0250. The highest BCUT2D eigenvalue weighted by Gasteiger charge is 2.75. The van der Waals surface area contributed by atoms with E-state index in [0.29, 0.717) is 24.6 Å². The van der Waals surface area contributed by atoms with Gasteiger partial charge in [0.05, 0.1) is 35.4 Å². The number of halogens is 3. The highest BCUT2D eigenvalue weighted by molar-refractivity contribution is 6.04. The van der Waals surface area contributed by atoms with E-state index in [9.17, 15) is 18.0 Å². The highest BCUT2D eigenvalue weighted by Crippen LogP contribution is 2.71. The first-order valence-electron chi connectivity index (χ1n) is 11.3. The lowest BCUT2D eigenvalue weighted by molar-refractivity contribution is -0.141. The van der Waals surface area contributed by atoms with E-state index >= 15 is 0 Å². The van der Waals surface area contributed by atoms with Gasteiger partial charge in [0.15, 0.2) is 5.69 Å². The van der Waals surface area contributed by atoms with Crippen LogP contribution < -0.4 is 10.6 Å². The third-order valence-electron chi connectivity index (χ3n) is 7.57. The van der Waals surface area contributed by atoms with Crippen molar-refractivity contribution in [3.8, 4) is 0 Å².